The molecule has 0 fully saturated rings. The van der Waals surface area contributed by atoms with Crippen LogP contribution in [0, 0.1) is 6.92 Å². The number of rotatable bonds is 3. The molecule has 2 rings (SSSR count). The largest absolute Gasteiger partial charge is 0.476 e. The van der Waals surface area contributed by atoms with Gasteiger partial charge >= 0.3 is 5.97 Å². The van der Waals surface area contributed by atoms with Gasteiger partial charge in [-0.05, 0) is 24.6 Å². The third-order valence-electron chi connectivity index (χ3n) is 2.41. The van der Waals surface area contributed by atoms with E-state index in [1.54, 1.807) is 16.7 Å². The molecule has 5 nitrogen and oxygen atoms in total. The van der Waals surface area contributed by atoms with Gasteiger partial charge in [0.2, 0.25) is 0 Å². The Morgan fingerprint density at radius 2 is 2.31 bits per heavy atom. The molecule has 0 saturated heterocycles. The van der Waals surface area contributed by atoms with Crippen molar-refractivity contribution in [3.8, 4) is 0 Å². The molecule has 0 bridgehead atoms. The highest BCUT2D eigenvalue weighted by Crippen LogP contribution is 2.15. The first-order valence-corrected chi connectivity index (χ1v) is 4.95. The zero-order chi connectivity index (χ0) is 11.7. The fraction of sp³-hybridized carbons (Fsp3) is 0.273. The van der Waals surface area contributed by atoms with Gasteiger partial charge in [0.1, 0.15) is 5.82 Å². The monoisotopic (exact) mass is 220 g/mol. The van der Waals surface area contributed by atoms with Crippen molar-refractivity contribution < 1.29 is 15.0 Å². The third-order valence-corrected chi connectivity index (χ3v) is 2.41. The van der Waals surface area contributed by atoms with Crippen LogP contribution in [-0.4, -0.2) is 32.2 Å². The number of nitrogens with zero attached hydrogens (tertiary/aromatic N) is 2. The Balaban J connectivity index is 2.71. The summed E-state index contributed by atoms with van der Waals surface area (Å²) in [6.07, 6.45) is 2.12. The molecule has 0 spiro atoms. The van der Waals surface area contributed by atoms with Crippen LogP contribution in [0.5, 0.6) is 0 Å². The predicted octanol–water partition coefficient (Wildman–Crippen LogP) is 0.876. The lowest BCUT2D eigenvalue weighted by molar-refractivity contribution is 0.0693. The highest BCUT2D eigenvalue weighted by Gasteiger charge is 2.15. The molecule has 2 heterocycles. The number of aliphatic hydroxyl groups excluding tert-OH is 1. The number of aliphatic hydroxyl groups is 1. The maximum atomic E-state index is 11.0. The highest BCUT2D eigenvalue weighted by atomic mass is 16.4. The van der Waals surface area contributed by atoms with Gasteiger partial charge in [-0.25, -0.2) is 9.78 Å². The average Bonchev–Trinajstić information content (AvgIpc) is 2.57. The number of aromatic nitrogens is 2. The maximum Gasteiger partial charge on any atom is 0.356 e. The third kappa shape index (κ3) is 1.65. The van der Waals surface area contributed by atoms with Crippen LogP contribution >= 0.6 is 0 Å². The molecule has 2 aromatic heterocycles. The van der Waals surface area contributed by atoms with Crippen LogP contribution in [0.15, 0.2) is 18.3 Å². The summed E-state index contributed by atoms with van der Waals surface area (Å²) in [5, 5.41) is 17.9. The molecular formula is C11H12N2O3. The lowest BCUT2D eigenvalue weighted by Crippen LogP contribution is -1.98. The van der Waals surface area contributed by atoms with Crippen LogP contribution in [0.25, 0.3) is 5.52 Å². The molecule has 84 valence electrons. The van der Waals surface area contributed by atoms with Gasteiger partial charge in [0.25, 0.3) is 0 Å². The van der Waals surface area contributed by atoms with Crippen LogP contribution in [-0.2, 0) is 6.42 Å². The Morgan fingerprint density at radius 3 is 2.94 bits per heavy atom. The van der Waals surface area contributed by atoms with E-state index in [0.717, 1.165) is 5.56 Å². The second-order valence-electron chi connectivity index (χ2n) is 3.61. The number of hydrogen-bond donors (Lipinski definition) is 2. The van der Waals surface area contributed by atoms with Crippen molar-refractivity contribution in [1.82, 2.24) is 9.38 Å². The van der Waals surface area contributed by atoms with Crippen LogP contribution in [0.4, 0.5) is 0 Å². The number of aromatic carboxylic acids is 1. The van der Waals surface area contributed by atoms with Crippen molar-refractivity contribution in [1.29, 1.82) is 0 Å². The summed E-state index contributed by atoms with van der Waals surface area (Å²) >= 11 is 0. The van der Waals surface area contributed by atoms with Gasteiger partial charge in [0, 0.05) is 12.6 Å². The minimum Gasteiger partial charge on any atom is -0.476 e. The molecule has 0 aromatic carbocycles. The topological polar surface area (TPSA) is 74.8 Å². The first kappa shape index (κ1) is 10.6. The summed E-state index contributed by atoms with van der Waals surface area (Å²) in [5.41, 5.74) is 1.58. The zero-order valence-corrected chi connectivity index (χ0v) is 8.84. The van der Waals surface area contributed by atoms with E-state index in [2.05, 4.69) is 4.98 Å². The molecule has 0 amide bonds. The highest BCUT2D eigenvalue weighted by molar-refractivity contribution is 5.93. The number of hydrogen-bond acceptors (Lipinski definition) is 3. The average molecular weight is 220 g/mol. The van der Waals surface area contributed by atoms with E-state index in [9.17, 15) is 4.79 Å². The SMILES string of the molecule is Cc1ccn2c(CCO)nc(C(=O)O)c2c1. The number of fused-ring (bicyclic) bond motifs is 1. The fourth-order valence-electron chi connectivity index (χ4n) is 1.69. The first-order valence-electron chi connectivity index (χ1n) is 4.95. The van der Waals surface area contributed by atoms with E-state index < -0.39 is 5.97 Å². The Bertz CT molecular complexity index is 545. The molecule has 2 aromatic rings. The molecule has 0 aliphatic rings. The van der Waals surface area contributed by atoms with Crippen molar-refractivity contribution >= 4 is 11.5 Å². The number of aryl methyl sites for hydroxylation is 1. The summed E-state index contributed by atoms with van der Waals surface area (Å²) in [4.78, 5) is 15.0. The molecular weight excluding hydrogens is 208 g/mol. The summed E-state index contributed by atoms with van der Waals surface area (Å²) in [6, 6.07) is 3.65. The van der Waals surface area contributed by atoms with Gasteiger partial charge < -0.3 is 14.6 Å². The van der Waals surface area contributed by atoms with E-state index in [1.165, 1.54) is 0 Å². The zero-order valence-electron chi connectivity index (χ0n) is 8.84. The Kier molecular flexibility index (Phi) is 2.62. The van der Waals surface area contributed by atoms with Crippen LogP contribution in [0.1, 0.15) is 21.9 Å². The Morgan fingerprint density at radius 1 is 1.56 bits per heavy atom. The molecule has 0 atom stereocenters. The van der Waals surface area contributed by atoms with Gasteiger partial charge in [-0.2, -0.15) is 0 Å². The molecule has 2 N–H and O–H groups in total. The lowest BCUT2D eigenvalue weighted by atomic mass is 10.2. The van der Waals surface area contributed by atoms with Crippen molar-refractivity contribution in [3.63, 3.8) is 0 Å². The van der Waals surface area contributed by atoms with Crippen molar-refractivity contribution in [3.05, 3.63) is 35.4 Å². The second kappa shape index (κ2) is 3.94. The molecule has 0 radical (unpaired) electrons. The summed E-state index contributed by atoms with van der Waals surface area (Å²) < 4.78 is 1.70. The van der Waals surface area contributed by atoms with Crippen molar-refractivity contribution in [2.75, 3.05) is 6.61 Å². The predicted molar refractivity (Wildman–Crippen MR) is 57.7 cm³/mol. The first-order chi connectivity index (χ1) is 7.63. The lowest BCUT2D eigenvalue weighted by Gasteiger charge is -1.99. The quantitative estimate of drug-likeness (QED) is 0.805. The number of carbonyl (C=O) groups is 1. The van der Waals surface area contributed by atoms with Gasteiger partial charge in [-0.1, -0.05) is 0 Å². The normalized spacial score (nSPS) is 10.9. The maximum absolute atomic E-state index is 11.0. The van der Waals surface area contributed by atoms with Crippen LogP contribution in [0.3, 0.4) is 0 Å². The van der Waals surface area contributed by atoms with Gasteiger partial charge in [-0.3, -0.25) is 0 Å². The molecule has 16 heavy (non-hydrogen) atoms. The van der Waals surface area contributed by atoms with E-state index in [1.807, 2.05) is 13.0 Å². The van der Waals surface area contributed by atoms with E-state index in [-0.39, 0.29) is 12.3 Å². The Labute approximate surface area is 92.0 Å². The number of carboxylic acids is 1. The number of imidazole rings is 1. The Hall–Kier alpha value is -1.88. The smallest absolute Gasteiger partial charge is 0.356 e. The second-order valence-corrected chi connectivity index (χ2v) is 3.61. The summed E-state index contributed by atoms with van der Waals surface area (Å²) in [7, 11) is 0. The minimum atomic E-state index is -1.05. The number of pyridine rings is 1. The molecule has 5 heteroatoms. The molecule has 0 aliphatic heterocycles. The fourth-order valence-corrected chi connectivity index (χ4v) is 1.69. The molecule has 0 saturated carbocycles. The van der Waals surface area contributed by atoms with Gasteiger partial charge in [-0.15, -0.1) is 0 Å². The van der Waals surface area contributed by atoms with Crippen molar-refractivity contribution in [2.24, 2.45) is 0 Å². The molecule has 0 aliphatic carbocycles. The van der Waals surface area contributed by atoms with Crippen LogP contribution < -0.4 is 0 Å². The molecule has 0 unspecified atom stereocenters. The van der Waals surface area contributed by atoms with Gasteiger partial charge in [0.05, 0.1) is 12.1 Å². The van der Waals surface area contributed by atoms with E-state index in [0.29, 0.717) is 17.8 Å². The number of carboxylic acid groups (broad SMARTS) is 1. The van der Waals surface area contributed by atoms with Crippen molar-refractivity contribution in [2.45, 2.75) is 13.3 Å². The van der Waals surface area contributed by atoms with Crippen LogP contribution in [0.2, 0.25) is 0 Å². The van der Waals surface area contributed by atoms with E-state index in [4.69, 9.17) is 10.2 Å². The van der Waals surface area contributed by atoms with Gasteiger partial charge in [0.15, 0.2) is 5.69 Å². The summed E-state index contributed by atoms with van der Waals surface area (Å²) in [5.74, 6) is -0.484. The standard InChI is InChI=1S/C11H12N2O3/c1-7-2-4-13-8(6-7)10(11(15)16)12-9(13)3-5-14/h2,4,6,14H,3,5H2,1H3,(H,15,16). The summed E-state index contributed by atoms with van der Waals surface area (Å²) in [6.45, 7) is 1.84. The minimum absolute atomic E-state index is 0.0344. The van der Waals surface area contributed by atoms with E-state index >= 15 is 0 Å².